The van der Waals surface area contributed by atoms with Crippen molar-refractivity contribution in [2.75, 3.05) is 18.5 Å². The van der Waals surface area contributed by atoms with Crippen LogP contribution in [0.1, 0.15) is 5.76 Å². The molecule has 1 amide bonds. The molecule has 3 heterocycles. The van der Waals surface area contributed by atoms with Crippen molar-refractivity contribution in [3.8, 4) is 0 Å². The first-order valence-electron chi connectivity index (χ1n) is 9.82. The zero-order valence-electron chi connectivity index (χ0n) is 15.8. The number of hydrogen-bond donors (Lipinski definition) is 2. The largest absolute Gasteiger partial charge is 0.463 e. The van der Waals surface area contributed by atoms with Gasteiger partial charge in [0.2, 0.25) is 0 Å². The number of benzene rings is 2. The SMILES string of the molecule is O=C(Nc1cccc2ccccc12)O[C@@H]1CO[C@H]2[C@@H]1OC[C@@H]2[NH2+]Cc1ccco1. The van der Waals surface area contributed by atoms with E-state index in [1.165, 1.54) is 0 Å². The normalized spacial score (nSPS) is 25.8. The van der Waals surface area contributed by atoms with Gasteiger partial charge < -0.3 is 23.9 Å². The molecule has 2 fully saturated rings. The number of hydrogen-bond acceptors (Lipinski definition) is 5. The Balaban J connectivity index is 1.19. The number of carbonyl (C=O) groups excluding carboxylic acids is 1. The van der Waals surface area contributed by atoms with Gasteiger partial charge in [-0.1, -0.05) is 36.4 Å². The molecule has 2 aliphatic heterocycles. The van der Waals surface area contributed by atoms with Gasteiger partial charge in [-0.25, -0.2) is 4.79 Å². The number of anilines is 1. The van der Waals surface area contributed by atoms with Crippen LogP contribution in [0.3, 0.4) is 0 Å². The summed E-state index contributed by atoms with van der Waals surface area (Å²) in [5, 5.41) is 7.04. The minimum absolute atomic E-state index is 0.0969. The van der Waals surface area contributed by atoms with E-state index in [4.69, 9.17) is 18.6 Å². The molecule has 0 unspecified atom stereocenters. The van der Waals surface area contributed by atoms with Gasteiger partial charge in [0.05, 0.1) is 18.6 Å². The van der Waals surface area contributed by atoms with E-state index >= 15 is 0 Å². The molecule has 3 N–H and O–H groups in total. The van der Waals surface area contributed by atoms with Crippen molar-refractivity contribution in [3.63, 3.8) is 0 Å². The second-order valence-electron chi connectivity index (χ2n) is 7.37. The molecule has 0 aliphatic carbocycles. The van der Waals surface area contributed by atoms with Crippen molar-refractivity contribution in [3.05, 3.63) is 66.6 Å². The summed E-state index contributed by atoms with van der Waals surface area (Å²) >= 11 is 0. The second-order valence-corrected chi connectivity index (χ2v) is 7.37. The maximum Gasteiger partial charge on any atom is 0.412 e. The van der Waals surface area contributed by atoms with Crippen LogP contribution < -0.4 is 10.6 Å². The Morgan fingerprint density at radius 2 is 1.90 bits per heavy atom. The summed E-state index contributed by atoms with van der Waals surface area (Å²) in [6.45, 7) is 1.62. The van der Waals surface area contributed by atoms with E-state index in [0.717, 1.165) is 28.8 Å². The summed E-state index contributed by atoms with van der Waals surface area (Å²) in [5.41, 5.74) is 0.723. The standard InChI is InChI=1S/C22H22N2O5/c25-22(24-17-9-3-6-14-5-1-2-8-16(14)17)29-19-13-28-20-18(12-27-21(19)20)23-11-15-7-4-10-26-15/h1-10,18-21,23H,11-13H2,(H,24,25)/p+1/t18-,19+,20+,21+/m0/s1. The summed E-state index contributed by atoms with van der Waals surface area (Å²) in [5.74, 6) is 0.911. The predicted molar refractivity (Wildman–Crippen MR) is 105 cm³/mol. The van der Waals surface area contributed by atoms with Gasteiger partial charge in [-0.05, 0) is 23.6 Å². The summed E-state index contributed by atoms with van der Waals surface area (Å²) in [4.78, 5) is 12.5. The van der Waals surface area contributed by atoms with Crippen molar-refractivity contribution in [2.24, 2.45) is 0 Å². The number of quaternary nitrogens is 1. The molecular formula is C22H23N2O5+. The van der Waals surface area contributed by atoms with Crippen molar-refractivity contribution < 1.29 is 28.7 Å². The summed E-state index contributed by atoms with van der Waals surface area (Å²) < 4.78 is 22.8. The van der Waals surface area contributed by atoms with Crippen molar-refractivity contribution >= 4 is 22.6 Å². The van der Waals surface area contributed by atoms with E-state index in [9.17, 15) is 4.79 Å². The molecule has 7 heteroatoms. The molecule has 0 saturated carbocycles. The van der Waals surface area contributed by atoms with Crippen LogP contribution in [0.15, 0.2) is 65.3 Å². The minimum Gasteiger partial charge on any atom is -0.463 e. The van der Waals surface area contributed by atoms with Crippen LogP contribution in [0, 0.1) is 0 Å². The van der Waals surface area contributed by atoms with Gasteiger partial charge in [0.15, 0.2) is 11.9 Å². The zero-order chi connectivity index (χ0) is 19.6. The topological polar surface area (TPSA) is 86.5 Å². The van der Waals surface area contributed by atoms with E-state index in [2.05, 4.69) is 10.6 Å². The van der Waals surface area contributed by atoms with E-state index in [1.54, 1.807) is 6.26 Å². The maximum absolute atomic E-state index is 12.5. The molecule has 3 aromatic rings. The molecule has 0 radical (unpaired) electrons. The number of ether oxygens (including phenoxy) is 3. The van der Waals surface area contributed by atoms with Crippen LogP contribution in [-0.4, -0.2) is 43.7 Å². The molecule has 2 aliphatic rings. The van der Waals surface area contributed by atoms with E-state index < -0.39 is 12.2 Å². The summed E-state index contributed by atoms with van der Waals surface area (Å²) in [7, 11) is 0. The Morgan fingerprint density at radius 1 is 1.03 bits per heavy atom. The molecular weight excluding hydrogens is 372 g/mol. The fraction of sp³-hybridized carbons (Fsp3) is 0.318. The third kappa shape index (κ3) is 3.72. The van der Waals surface area contributed by atoms with E-state index in [1.807, 2.05) is 54.6 Å². The van der Waals surface area contributed by atoms with Gasteiger partial charge in [0.1, 0.15) is 31.4 Å². The molecule has 7 nitrogen and oxygen atoms in total. The number of carbonyl (C=O) groups is 1. The molecule has 2 aromatic carbocycles. The summed E-state index contributed by atoms with van der Waals surface area (Å²) in [6.07, 6.45) is 0.410. The quantitative estimate of drug-likeness (QED) is 0.692. The number of nitrogens with two attached hydrogens (primary N) is 1. The fourth-order valence-corrected chi connectivity index (χ4v) is 4.10. The van der Waals surface area contributed by atoms with Crippen molar-refractivity contribution in [2.45, 2.75) is 30.9 Å². The lowest BCUT2D eigenvalue weighted by molar-refractivity contribution is -0.709. The summed E-state index contributed by atoms with van der Waals surface area (Å²) in [6, 6.07) is 17.6. The van der Waals surface area contributed by atoms with E-state index in [-0.39, 0.29) is 18.2 Å². The number of nitrogens with one attached hydrogen (secondary N) is 1. The van der Waals surface area contributed by atoms with Gasteiger partial charge in [0.25, 0.3) is 0 Å². The Kier molecular flexibility index (Phi) is 4.93. The Morgan fingerprint density at radius 3 is 2.79 bits per heavy atom. The van der Waals surface area contributed by atoms with Gasteiger partial charge >= 0.3 is 6.09 Å². The third-order valence-corrected chi connectivity index (χ3v) is 5.53. The molecule has 1 aromatic heterocycles. The Bertz CT molecular complexity index is 985. The third-order valence-electron chi connectivity index (χ3n) is 5.53. The number of furan rings is 1. The first kappa shape index (κ1) is 18.2. The first-order valence-corrected chi connectivity index (χ1v) is 9.82. The van der Waals surface area contributed by atoms with Crippen LogP contribution in [0.2, 0.25) is 0 Å². The lowest BCUT2D eigenvalue weighted by Crippen LogP contribution is -2.91. The fourth-order valence-electron chi connectivity index (χ4n) is 4.10. The molecule has 5 rings (SSSR count). The van der Waals surface area contributed by atoms with Crippen LogP contribution in [-0.2, 0) is 20.8 Å². The predicted octanol–water partition coefficient (Wildman–Crippen LogP) is 2.28. The molecule has 4 atom stereocenters. The molecule has 0 spiro atoms. The van der Waals surface area contributed by atoms with Crippen molar-refractivity contribution in [1.29, 1.82) is 0 Å². The highest BCUT2D eigenvalue weighted by molar-refractivity contribution is 6.00. The second kappa shape index (κ2) is 7.87. The first-order chi connectivity index (χ1) is 14.3. The monoisotopic (exact) mass is 395 g/mol. The van der Waals surface area contributed by atoms with Gasteiger partial charge in [-0.2, -0.15) is 0 Å². The highest BCUT2D eigenvalue weighted by Crippen LogP contribution is 2.28. The van der Waals surface area contributed by atoms with Gasteiger partial charge in [-0.15, -0.1) is 0 Å². The average molecular weight is 395 g/mol. The highest BCUT2D eigenvalue weighted by Gasteiger charge is 2.51. The maximum atomic E-state index is 12.5. The zero-order valence-corrected chi connectivity index (χ0v) is 15.8. The molecule has 0 bridgehead atoms. The molecule has 29 heavy (non-hydrogen) atoms. The number of rotatable bonds is 5. The highest BCUT2D eigenvalue weighted by atomic mass is 16.6. The van der Waals surface area contributed by atoms with Crippen LogP contribution in [0.25, 0.3) is 10.8 Å². The average Bonchev–Trinajstić information content (AvgIpc) is 3.46. The van der Waals surface area contributed by atoms with Gasteiger partial charge in [0, 0.05) is 5.39 Å². The van der Waals surface area contributed by atoms with E-state index in [0.29, 0.717) is 13.2 Å². The number of amides is 1. The Labute approximate surface area is 167 Å². The molecule has 2 saturated heterocycles. The minimum atomic E-state index is -0.498. The Hall–Kier alpha value is -2.87. The smallest absolute Gasteiger partial charge is 0.412 e. The molecule has 150 valence electrons. The van der Waals surface area contributed by atoms with Crippen LogP contribution >= 0.6 is 0 Å². The van der Waals surface area contributed by atoms with Crippen LogP contribution in [0.4, 0.5) is 10.5 Å². The lowest BCUT2D eigenvalue weighted by atomic mass is 10.1. The lowest BCUT2D eigenvalue weighted by Gasteiger charge is -2.17. The van der Waals surface area contributed by atoms with Crippen molar-refractivity contribution in [1.82, 2.24) is 0 Å². The number of fused-ring (bicyclic) bond motifs is 2. The van der Waals surface area contributed by atoms with Gasteiger partial charge in [-0.3, -0.25) is 5.32 Å². The van der Waals surface area contributed by atoms with Crippen LogP contribution in [0.5, 0.6) is 0 Å².